The minimum Gasteiger partial charge on any atom is -0.390 e. The highest BCUT2D eigenvalue weighted by molar-refractivity contribution is 8.02. The lowest BCUT2D eigenvalue weighted by atomic mass is 10.0. The Morgan fingerprint density at radius 2 is 2.05 bits per heavy atom. The van der Waals surface area contributed by atoms with Crippen LogP contribution in [0.2, 0.25) is 0 Å². The first-order valence-corrected chi connectivity index (χ1v) is 9.35. The van der Waals surface area contributed by atoms with E-state index < -0.39 is 0 Å². The lowest BCUT2D eigenvalue weighted by Gasteiger charge is -2.26. The Morgan fingerprint density at radius 3 is 2.82 bits per heavy atom. The predicted molar refractivity (Wildman–Crippen MR) is 94.3 cm³/mol. The summed E-state index contributed by atoms with van der Waals surface area (Å²) in [5.74, 6) is 0. The second-order valence-electron chi connectivity index (χ2n) is 6.11. The van der Waals surface area contributed by atoms with Crippen LogP contribution < -0.4 is 4.31 Å². The van der Waals surface area contributed by atoms with Gasteiger partial charge in [-0.25, -0.2) is 0 Å². The fourth-order valence-electron chi connectivity index (χ4n) is 3.38. The summed E-state index contributed by atoms with van der Waals surface area (Å²) < 4.78 is 2.23. The standard InChI is InChI=1S/C17H20N2OS2/c20-16-12-19(14-5-2-1-3-6-14)22-17(16)8-9-18(13-17)11-15-7-4-10-21-15/h1-7,10,16,20H,8-9,11-13H2/t16-,17+/m0/s1. The van der Waals surface area contributed by atoms with E-state index >= 15 is 0 Å². The average molecular weight is 332 g/mol. The molecule has 2 aliphatic rings. The number of rotatable bonds is 3. The second kappa shape index (κ2) is 5.89. The second-order valence-corrected chi connectivity index (χ2v) is 8.58. The molecule has 22 heavy (non-hydrogen) atoms. The Balaban J connectivity index is 1.46. The largest absolute Gasteiger partial charge is 0.390 e. The highest BCUT2D eigenvalue weighted by atomic mass is 32.2. The first-order valence-electron chi connectivity index (χ1n) is 7.70. The predicted octanol–water partition coefficient (Wildman–Crippen LogP) is 3.22. The van der Waals surface area contributed by atoms with Crippen molar-refractivity contribution >= 4 is 29.0 Å². The molecule has 1 aromatic heterocycles. The lowest BCUT2D eigenvalue weighted by molar-refractivity contribution is 0.146. The summed E-state index contributed by atoms with van der Waals surface area (Å²) in [5, 5.41) is 12.8. The van der Waals surface area contributed by atoms with Gasteiger partial charge in [0.05, 0.1) is 17.4 Å². The van der Waals surface area contributed by atoms with Crippen LogP contribution in [0.4, 0.5) is 5.69 Å². The van der Waals surface area contributed by atoms with E-state index in [1.54, 1.807) is 0 Å². The Bertz CT molecular complexity index is 619. The van der Waals surface area contributed by atoms with E-state index in [2.05, 4.69) is 51.0 Å². The van der Waals surface area contributed by atoms with Crippen molar-refractivity contribution < 1.29 is 5.11 Å². The molecule has 116 valence electrons. The van der Waals surface area contributed by atoms with Gasteiger partial charge in [0.15, 0.2) is 0 Å². The molecule has 0 saturated carbocycles. The Morgan fingerprint density at radius 1 is 1.18 bits per heavy atom. The summed E-state index contributed by atoms with van der Waals surface area (Å²) >= 11 is 3.66. The molecule has 2 saturated heterocycles. The van der Waals surface area contributed by atoms with Gasteiger partial charge < -0.3 is 9.41 Å². The molecule has 1 aromatic carbocycles. The Kier molecular flexibility index (Phi) is 3.90. The fourth-order valence-corrected chi connectivity index (χ4v) is 5.63. The van der Waals surface area contributed by atoms with Crippen molar-refractivity contribution in [3.05, 3.63) is 52.7 Å². The summed E-state index contributed by atoms with van der Waals surface area (Å²) in [6.07, 6.45) is 0.805. The van der Waals surface area contributed by atoms with Gasteiger partial charge in [0.2, 0.25) is 0 Å². The van der Waals surface area contributed by atoms with Gasteiger partial charge >= 0.3 is 0 Å². The minimum absolute atomic E-state index is 0.0346. The smallest absolute Gasteiger partial charge is 0.0902 e. The molecule has 3 nitrogen and oxygen atoms in total. The molecule has 0 aliphatic carbocycles. The fraction of sp³-hybridized carbons (Fsp3) is 0.412. The number of aliphatic hydroxyl groups excluding tert-OH is 1. The molecule has 2 fully saturated rings. The van der Waals surface area contributed by atoms with Crippen LogP contribution in [0.1, 0.15) is 11.3 Å². The first kappa shape index (κ1) is 14.6. The van der Waals surface area contributed by atoms with Crippen molar-refractivity contribution in [1.82, 2.24) is 4.90 Å². The monoisotopic (exact) mass is 332 g/mol. The molecule has 3 heterocycles. The van der Waals surface area contributed by atoms with Gasteiger partial charge in [0.1, 0.15) is 0 Å². The Labute approximate surface area is 139 Å². The zero-order chi connectivity index (χ0) is 15.0. The van der Waals surface area contributed by atoms with E-state index in [0.717, 1.165) is 32.6 Å². The van der Waals surface area contributed by atoms with Gasteiger partial charge in [-0.1, -0.05) is 24.3 Å². The van der Waals surface area contributed by atoms with Crippen LogP contribution in [0.15, 0.2) is 47.8 Å². The molecule has 2 aliphatic heterocycles. The third-order valence-electron chi connectivity index (χ3n) is 4.58. The van der Waals surface area contributed by atoms with Crippen molar-refractivity contribution in [2.24, 2.45) is 0 Å². The van der Waals surface area contributed by atoms with Crippen LogP contribution in [0, 0.1) is 0 Å². The maximum absolute atomic E-state index is 10.7. The lowest BCUT2D eigenvalue weighted by Crippen LogP contribution is -2.39. The van der Waals surface area contributed by atoms with Gasteiger partial charge in [-0.05, 0) is 41.9 Å². The molecule has 0 radical (unpaired) electrons. The number of β-amino-alcohol motifs (C(OH)–C–C–N with tert-alkyl or cyclic N) is 1. The molecule has 0 unspecified atom stereocenters. The number of likely N-dealkylation sites (tertiary alicyclic amines) is 1. The van der Waals surface area contributed by atoms with E-state index in [0.29, 0.717) is 0 Å². The molecule has 0 amide bonds. The van der Waals surface area contributed by atoms with Crippen LogP contribution in [-0.4, -0.2) is 40.5 Å². The topological polar surface area (TPSA) is 26.7 Å². The molecular formula is C17H20N2OS2. The molecular weight excluding hydrogens is 312 g/mol. The zero-order valence-electron chi connectivity index (χ0n) is 12.4. The van der Waals surface area contributed by atoms with E-state index in [1.165, 1.54) is 10.6 Å². The van der Waals surface area contributed by atoms with E-state index in [9.17, 15) is 5.11 Å². The number of aliphatic hydroxyl groups is 1. The number of anilines is 1. The Hall–Kier alpha value is -1.01. The molecule has 1 N–H and O–H groups in total. The first-order chi connectivity index (χ1) is 10.8. The van der Waals surface area contributed by atoms with Crippen LogP contribution in [0.25, 0.3) is 0 Å². The summed E-state index contributed by atoms with van der Waals surface area (Å²) in [6.45, 7) is 3.78. The van der Waals surface area contributed by atoms with Crippen molar-refractivity contribution in [1.29, 1.82) is 0 Å². The van der Waals surface area contributed by atoms with Gasteiger partial charge in [0, 0.05) is 30.2 Å². The summed E-state index contributed by atoms with van der Waals surface area (Å²) in [7, 11) is 0. The van der Waals surface area contributed by atoms with Crippen LogP contribution >= 0.6 is 23.3 Å². The molecule has 0 bridgehead atoms. The number of nitrogens with zero attached hydrogens (tertiary/aromatic N) is 2. The quantitative estimate of drug-likeness (QED) is 0.873. The summed E-state index contributed by atoms with van der Waals surface area (Å²) in [6, 6.07) is 14.7. The van der Waals surface area contributed by atoms with E-state index in [1.807, 2.05) is 29.4 Å². The number of hydrogen-bond acceptors (Lipinski definition) is 5. The molecule has 2 atom stereocenters. The van der Waals surface area contributed by atoms with Crippen molar-refractivity contribution in [3.8, 4) is 0 Å². The highest BCUT2D eigenvalue weighted by Crippen LogP contribution is 2.47. The average Bonchev–Trinajstić information content (AvgIpc) is 3.25. The maximum Gasteiger partial charge on any atom is 0.0902 e. The van der Waals surface area contributed by atoms with Crippen LogP contribution in [0.5, 0.6) is 0 Å². The summed E-state index contributed by atoms with van der Waals surface area (Å²) in [4.78, 5) is 3.89. The molecule has 2 aromatic rings. The number of hydrogen-bond donors (Lipinski definition) is 1. The van der Waals surface area contributed by atoms with E-state index in [4.69, 9.17) is 0 Å². The van der Waals surface area contributed by atoms with Gasteiger partial charge in [-0.2, -0.15) is 0 Å². The minimum atomic E-state index is -0.258. The SMILES string of the molecule is O[C@H]1CN(c2ccccc2)S[C@@]12CCN(Cc1cccs1)C2. The molecule has 4 rings (SSSR count). The third kappa shape index (κ3) is 2.67. The van der Waals surface area contributed by atoms with Gasteiger partial charge in [0.25, 0.3) is 0 Å². The van der Waals surface area contributed by atoms with Crippen molar-refractivity contribution in [2.75, 3.05) is 23.9 Å². The van der Waals surface area contributed by atoms with Crippen LogP contribution in [0.3, 0.4) is 0 Å². The van der Waals surface area contributed by atoms with E-state index in [-0.39, 0.29) is 10.9 Å². The van der Waals surface area contributed by atoms with Gasteiger partial charge in [-0.15, -0.1) is 11.3 Å². The number of para-hydroxylation sites is 1. The highest BCUT2D eigenvalue weighted by Gasteiger charge is 2.51. The summed E-state index contributed by atoms with van der Waals surface area (Å²) in [5.41, 5.74) is 1.19. The number of benzene rings is 1. The molecule has 1 spiro atoms. The van der Waals surface area contributed by atoms with Crippen molar-refractivity contribution in [3.63, 3.8) is 0 Å². The third-order valence-corrected chi connectivity index (χ3v) is 6.99. The van der Waals surface area contributed by atoms with Crippen molar-refractivity contribution in [2.45, 2.75) is 23.8 Å². The van der Waals surface area contributed by atoms with Gasteiger partial charge in [-0.3, -0.25) is 4.90 Å². The molecule has 5 heteroatoms. The maximum atomic E-state index is 10.7. The zero-order valence-corrected chi connectivity index (χ0v) is 14.0. The normalized spacial score (nSPS) is 28.8. The number of thiophene rings is 1. The van der Waals surface area contributed by atoms with Crippen LogP contribution in [-0.2, 0) is 6.54 Å².